The molecule has 1 N–H and O–H groups in total. The lowest BCUT2D eigenvalue weighted by Crippen LogP contribution is -3.05. The summed E-state index contributed by atoms with van der Waals surface area (Å²) in [5.41, 5.74) is 0.971. The van der Waals surface area contributed by atoms with E-state index >= 15 is 0 Å². The quantitative estimate of drug-likeness (QED) is 0.600. The molecule has 30 heavy (non-hydrogen) atoms. The van der Waals surface area contributed by atoms with E-state index in [0.29, 0.717) is 19.4 Å². The van der Waals surface area contributed by atoms with Gasteiger partial charge in [0.25, 0.3) is 0 Å². The fourth-order valence-electron chi connectivity index (χ4n) is 3.65. The number of hydrogen-bond donors (Lipinski definition) is 1. The van der Waals surface area contributed by atoms with Crippen molar-refractivity contribution in [3.05, 3.63) is 92.0 Å². The van der Waals surface area contributed by atoms with Crippen LogP contribution in [-0.4, -0.2) is 20.0 Å². The number of amidine groups is 1. The average molecular weight is 405 g/mol. The number of benzene rings is 1. The first-order valence-corrected chi connectivity index (χ1v) is 10.0. The smallest absolute Gasteiger partial charge is 0.332 e. The van der Waals surface area contributed by atoms with Crippen LogP contribution in [0.5, 0.6) is 0 Å². The van der Waals surface area contributed by atoms with Gasteiger partial charge >= 0.3 is 11.2 Å². The summed E-state index contributed by atoms with van der Waals surface area (Å²) in [6.45, 7) is 2.50. The molecule has 3 aromatic rings. The van der Waals surface area contributed by atoms with Crippen LogP contribution in [0.25, 0.3) is 0 Å². The maximum atomic E-state index is 13.1. The third-order valence-corrected chi connectivity index (χ3v) is 5.17. The van der Waals surface area contributed by atoms with E-state index in [0.717, 1.165) is 15.7 Å². The van der Waals surface area contributed by atoms with Crippen LogP contribution in [-0.2, 0) is 25.9 Å². The van der Waals surface area contributed by atoms with Crippen molar-refractivity contribution in [3.8, 4) is 0 Å². The first-order valence-electron chi connectivity index (χ1n) is 10.0. The van der Waals surface area contributed by atoms with E-state index < -0.39 is 16.3 Å². The van der Waals surface area contributed by atoms with E-state index in [1.165, 1.54) is 4.57 Å². The van der Waals surface area contributed by atoms with Crippen molar-refractivity contribution in [1.82, 2.24) is 14.1 Å². The minimum Gasteiger partial charge on any atom is -0.622 e. The van der Waals surface area contributed by atoms with Crippen molar-refractivity contribution < 1.29 is 5.06 Å². The molecule has 4 rings (SSSR count). The molecule has 8 nitrogen and oxygen atoms in total. The summed E-state index contributed by atoms with van der Waals surface area (Å²) in [6, 6.07) is 13.4. The molecular formula is C22H23N5O3. The zero-order valence-corrected chi connectivity index (χ0v) is 16.7. The summed E-state index contributed by atoms with van der Waals surface area (Å²) < 4.78 is 2.63. The summed E-state index contributed by atoms with van der Waals surface area (Å²) in [6.07, 6.45) is 4.79. The van der Waals surface area contributed by atoms with Crippen molar-refractivity contribution in [2.75, 3.05) is 0 Å². The van der Waals surface area contributed by atoms with E-state index in [1.54, 1.807) is 24.5 Å². The molecule has 1 atom stereocenters. The molecule has 1 aromatic carbocycles. The van der Waals surface area contributed by atoms with Gasteiger partial charge in [-0.3, -0.25) is 24.0 Å². The number of aromatic nitrogens is 3. The van der Waals surface area contributed by atoms with Crippen LogP contribution in [0.15, 0.2) is 69.4 Å². The van der Waals surface area contributed by atoms with Gasteiger partial charge in [0.05, 0.1) is 6.42 Å². The lowest BCUT2D eigenvalue weighted by atomic mass is 10.1. The molecule has 0 fully saturated rings. The van der Waals surface area contributed by atoms with Gasteiger partial charge in [-0.05, 0) is 36.1 Å². The van der Waals surface area contributed by atoms with Crippen LogP contribution in [0, 0.1) is 5.21 Å². The predicted octanol–water partition coefficient (Wildman–Crippen LogP) is 1.36. The fraction of sp³-hybridized carbons (Fsp3) is 0.273. The van der Waals surface area contributed by atoms with Gasteiger partial charge < -0.3 is 5.21 Å². The largest absolute Gasteiger partial charge is 0.622 e. The molecule has 1 unspecified atom stereocenters. The van der Waals surface area contributed by atoms with Crippen LogP contribution in [0.4, 0.5) is 11.5 Å². The Morgan fingerprint density at radius 2 is 1.70 bits per heavy atom. The van der Waals surface area contributed by atoms with E-state index in [-0.39, 0.29) is 30.3 Å². The van der Waals surface area contributed by atoms with Crippen LogP contribution in [0.1, 0.15) is 24.5 Å². The lowest BCUT2D eigenvalue weighted by molar-refractivity contribution is -0.666. The molecule has 0 saturated carbocycles. The first-order chi connectivity index (χ1) is 14.6. The van der Waals surface area contributed by atoms with Gasteiger partial charge in [-0.25, -0.2) is 4.79 Å². The maximum absolute atomic E-state index is 13.1. The molecule has 1 aliphatic heterocycles. The van der Waals surface area contributed by atoms with Crippen LogP contribution < -0.4 is 16.3 Å². The Bertz CT molecular complexity index is 1180. The number of hydrogen-bond acceptors (Lipinski definition) is 5. The Morgan fingerprint density at radius 3 is 2.40 bits per heavy atom. The number of aryl methyl sites for hydroxylation is 1. The summed E-state index contributed by atoms with van der Waals surface area (Å²) >= 11 is 0. The number of pyridine rings is 1. The molecule has 2 aromatic heterocycles. The zero-order valence-electron chi connectivity index (χ0n) is 16.7. The second-order valence-corrected chi connectivity index (χ2v) is 7.25. The Kier molecular flexibility index (Phi) is 5.69. The Labute approximate surface area is 173 Å². The van der Waals surface area contributed by atoms with Gasteiger partial charge in [0.15, 0.2) is 0 Å². The molecule has 0 aliphatic carbocycles. The van der Waals surface area contributed by atoms with Gasteiger partial charge in [-0.2, -0.15) is 4.99 Å². The first kappa shape index (κ1) is 19.9. The third kappa shape index (κ3) is 3.74. The minimum atomic E-state index is -0.550. The van der Waals surface area contributed by atoms with Crippen molar-refractivity contribution in [1.29, 1.82) is 0 Å². The van der Waals surface area contributed by atoms with Gasteiger partial charge in [0.1, 0.15) is 0 Å². The normalized spacial score (nSPS) is 15.1. The topological polar surface area (TPSA) is 96.8 Å². The summed E-state index contributed by atoms with van der Waals surface area (Å²) in [4.78, 5) is 34.5. The second kappa shape index (κ2) is 8.56. The highest BCUT2D eigenvalue weighted by atomic mass is 16.5. The molecule has 0 saturated heterocycles. The van der Waals surface area contributed by atoms with E-state index in [2.05, 4.69) is 9.98 Å². The SMILES string of the molecule is CCCn1c(=O)c2c(n(CCc3ccccc3)c1=O)N=C(Cc1ccncc1)[NH+]2[O-]. The summed E-state index contributed by atoms with van der Waals surface area (Å²) in [5.74, 6) is 0.456. The number of nitrogens with one attached hydrogen (secondary N) is 1. The number of aliphatic imine (C=N–C) groups is 1. The number of rotatable bonds is 7. The molecule has 1 aliphatic rings. The van der Waals surface area contributed by atoms with Gasteiger partial charge in [-0.15, -0.1) is 0 Å². The zero-order chi connectivity index (χ0) is 21.1. The monoisotopic (exact) mass is 405 g/mol. The maximum Gasteiger partial charge on any atom is 0.332 e. The van der Waals surface area contributed by atoms with E-state index in [9.17, 15) is 14.8 Å². The van der Waals surface area contributed by atoms with Crippen molar-refractivity contribution in [2.24, 2.45) is 4.99 Å². The van der Waals surface area contributed by atoms with Gasteiger partial charge in [0.2, 0.25) is 17.3 Å². The average Bonchev–Trinajstić information content (AvgIpc) is 3.08. The van der Waals surface area contributed by atoms with Gasteiger partial charge in [0, 0.05) is 25.5 Å². The highest BCUT2D eigenvalue weighted by molar-refractivity contribution is 5.86. The second-order valence-electron chi connectivity index (χ2n) is 7.25. The minimum absolute atomic E-state index is 0.000155. The third-order valence-electron chi connectivity index (χ3n) is 5.17. The molecule has 0 bridgehead atoms. The number of fused-ring (bicyclic) bond motifs is 1. The van der Waals surface area contributed by atoms with Crippen LogP contribution >= 0.6 is 0 Å². The highest BCUT2D eigenvalue weighted by Crippen LogP contribution is 2.22. The van der Waals surface area contributed by atoms with Gasteiger partial charge in [-0.1, -0.05) is 37.3 Å². The van der Waals surface area contributed by atoms with Crippen LogP contribution in [0.3, 0.4) is 0 Å². The van der Waals surface area contributed by atoms with E-state index in [4.69, 9.17) is 0 Å². The lowest BCUT2D eigenvalue weighted by Gasteiger charge is -2.19. The molecule has 0 amide bonds. The van der Waals surface area contributed by atoms with E-state index in [1.807, 2.05) is 37.3 Å². The molecule has 154 valence electrons. The highest BCUT2D eigenvalue weighted by Gasteiger charge is 2.32. The summed E-state index contributed by atoms with van der Waals surface area (Å²) in [5, 5.41) is 12.6. The molecule has 0 spiro atoms. The summed E-state index contributed by atoms with van der Waals surface area (Å²) in [7, 11) is 0. The van der Waals surface area contributed by atoms with Crippen molar-refractivity contribution in [3.63, 3.8) is 0 Å². The Morgan fingerprint density at radius 1 is 0.967 bits per heavy atom. The number of hydroxylamine groups is 1. The molecular weight excluding hydrogens is 382 g/mol. The standard InChI is InChI=1S/C22H23N5O3/c1-2-13-26-21(28)19-20(24-18(27(19)30)15-17-8-11-23-12-9-17)25(22(26)29)14-10-16-6-4-3-5-7-16/h3-9,11-12,27H,2,10,13-15H2,1H3. The number of nitrogens with zero attached hydrogens (tertiary/aromatic N) is 4. The van der Waals surface area contributed by atoms with Crippen LogP contribution in [0.2, 0.25) is 0 Å². The fourth-order valence-corrected chi connectivity index (χ4v) is 3.65. The van der Waals surface area contributed by atoms with Crippen molar-refractivity contribution in [2.45, 2.75) is 39.3 Å². The molecule has 8 heteroatoms. The number of quaternary nitrogens is 1. The Hall–Kier alpha value is -3.36. The predicted molar refractivity (Wildman–Crippen MR) is 114 cm³/mol. The Balaban J connectivity index is 1.76. The molecule has 3 heterocycles. The molecule has 0 radical (unpaired) electrons. The van der Waals surface area contributed by atoms with Crippen molar-refractivity contribution >= 4 is 17.3 Å².